The third-order valence-corrected chi connectivity index (χ3v) is 3.24. The van der Waals surface area contributed by atoms with Gasteiger partial charge in [0.2, 0.25) is 0 Å². The maximum Gasteiger partial charge on any atom is 0.387 e. The van der Waals surface area contributed by atoms with Gasteiger partial charge in [-0.05, 0) is 37.3 Å². The van der Waals surface area contributed by atoms with Crippen molar-refractivity contribution in [3.05, 3.63) is 23.8 Å². The van der Waals surface area contributed by atoms with Crippen LogP contribution in [-0.2, 0) is 4.43 Å². The third kappa shape index (κ3) is 4.79. The Morgan fingerprint density at radius 1 is 1.20 bits per heavy atom. The monoisotopic (exact) mass is 301 g/mol. The first-order chi connectivity index (χ1) is 9.26. The van der Waals surface area contributed by atoms with Gasteiger partial charge < -0.3 is 13.9 Å². The van der Waals surface area contributed by atoms with E-state index in [1.165, 1.54) is 19.2 Å². The van der Waals surface area contributed by atoms with E-state index in [0.717, 1.165) is 0 Å². The Kier molecular flexibility index (Phi) is 5.48. The summed E-state index contributed by atoms with van der Waals surface area (Å²) in [5.41, 5.74) is 0.464. The van der Waals surface area contributed by atoms with Crippen LogP contribution in [0.3, 0.4) is 0 Å². The van der Waals surface area contributed by atoms with E-state index in [1.54, 1.807) is 6.07 Å². The third-order valence-electron chi connectivity index (χ3n) is 2.30. The minimum atomic E-state index is -2.96. The Labute approximate surface area is 118 Å². The van der Waals surface area contributed by atoms with Gasteiger partial charge in [0.15, 0.2) is 25.9 Å². The van der Waals surface area contributed by atoms with E-state index in [0.29, 0.717) is 5.56 Å². The van der Waals surface area contributed by atoms with Crippen LogP contribution in [0.2, 0.25) is 19.6 Å². The van der Waals surface area contributed by atoms with Crippen LogP contribution < -0.4 is 9.47 Å². The lowest BCUT2D eigenvalue weighted by molar-refractivity contribution is -0.0513. The Morgan fingerprint density at radius 3 is 2.30 bits per heavy atom. The average molecular weight is 301 g/mol. The van der Waals surface area contributed by atoms with Crippen molar-refractivity contribution in [2.24, 2.45) is 0 Å². The number of nitriles is 1. The Bertz CT molecular complexity index is 497. The molecule has 110 valence electrons. The molecule has 0 amide bonds. The van der Waals surface area contributed by atoms with Crippen LogP contribution in [0.1, 0.15) is 11.7 Å². The minimum absolute atomic E-state index is 0.112. The van der Waals surface area contributed by atoms with E-state index in [-0.39, 0.29) is 11.5 Å². The number of halogens is 2. The number of benzene rings is 1. The lowest BCUT2D eigenvalue weighted by Gasteiger charge is -2.22. The van der Waals surface area contributed by atoms with Gasteiger partial charge in [0.1, 0.15) is 0 Å². The maximum atomic E-state index is 12.4. The van der Waals surface area contributed by atoms with Gasteiger partial charge in [-0.2, -0.15) is 14.0 Å². The molecule has 1 rings (SSSR count). The van der Waals surface area contributed by atoms with Crippen molar-refractivity contribution in [2.75, 3.05) is 7.11 Å². The van der Waals surface area contributed by atoms with E-state index in [9.17, 15) is 8.78 Å². The molecule has 0 bridgehead atoms. The quantitative estimate of drug-likeness (QED) is 0.752. The number of alkyl halides is 2. The largest absolute Gasteiger partial charge is 0.493 e. The van der Waals surface area contributed by atoms with E-state index < -0.39 is 21.0 Å². The minimum Gasteiger partial charge on any atom is -0.493 e. The Morgan fingerprint density at radius 2 is 1.85 bits per heavy atom. The molecule has 0 saturated carbocycles. The van der Waals surface area contributed by atoms with E-state index in [4.69, 9.17) is 14.4 Å². The predicted octanol–water partition coefficient (Wildman–Crippen LogP) is 3.71. The summed E-state index contributed by atoms with van der Waals surface area (Å²) in [5.74, 6) is 0.0677. The summed E-state index contributed by atoms with van der Waals surface area (Å²) in [6.45, 7) is 2.87. The molecule has 0 aliphatic heterocycles. The molecule has 0 aromatic heterocycles. The second-order valence-electron chi connectivity index (χ2n) is 5.03. The van der Waals surface area contributed by atoms with Crippen LogP contribution in [0.25, 0.3) is 0 Å². The van der Waals surface area contributed by atoms with Crippen molar-refractivity contribution < 1.29 is 22.7 Å². The molecule has 4 nitrogen and oxygen atoms in total. The van der Waals surface area contributed by atoms with E-state index in [1.807, 2.05) is 25.7 Å². The van der Waals surface area contributed by atoms with Crippen molar-refractivity contribution in [1.82, 2.24) is 0 Å². The van der Waals surface area contributed by atoms with Crippen molar-refractivity contribution in [3.8, 4) is 17.6 Å². The second-order valence-corrected chi connectivity index (χ2v) is 9.49. The smallest absolute Gasteiger partial charge is 0.387 e. The van der Waals surface area contributed by atoms with Gasteiger partial charge in [-0.3, -0.25) is 0 Å². The number of rotatable bonds is 6. The fourth-order valence-corrected chi connectivity index (χ4v) is 2.46. The highest BCUT2D eigenvalue weighted by Gasteiger charge is 2.23. The zero-order chi connectivity index (χ0) is 15.3. The fourth-order valence-electron chi connectivity index (χ4n) is 1.57. The van der Waals surface area contributed by atoms with Gasteiger partial charge in [-0.1, -0.05) is 6.07 Å². The zero-order valence-corrected chi connectivity index (χ0v) is 12.8. The van der Waals surface area contributed by atoms with Gasteiger partial charge in [0.25, 0.3) is 0 Å². The standard InChI is InChI=1S/C13H17F2NO3Si/c1-17-10-6-5-9(7-11(10)18-13(14)15)12(8-16)19-20(2,3)4/h5-7,12-13H,1-4H3. The van der Waals surface area contributed by atoms with Crippen LogP contribution in [0.5, 0.6) is 11.5 Å². The molecule has 1 aromatic rings. The average Bonchev–Trinajstić information content (AvgIpc) is 2.34. The van der Waals surface area contributed by atoms with Gasteiger partial charge in [-0.25, -0.2) is 0 Å². The number of nitrogens with zero attached hydrogens (tertiary/aromatic N) is 1. The zero-order valence-electron chi connectivity index (χ0n) is 11.8. The molecule has 7 heteroatoms. The maximum absolute atomic E-state index is 12.4. The number of methoxy groups -OCH3 is 1. The summed E-state index contributed by atoms with van der Waals surface area (Å²) in [7, 11) is -0.583. The van der Waals surface area contributed by atoms with Crippen LogP contribution in [0.15, 0.2) is 18.2 Å². The van der Waals surface area contributed by atoms with Crippen LogP contribution in [-0.4, -0.2) is 22.0 Å². The highest BCUT2D eigenvalue weighted by molar-refractivity contribution is 6.69. The number of hydrogen-bond acceptors (Lipinski definition) is 4. The van der Waals surface area contributed by atoms with Crippen LogP contribution in [0, 0.1) is 11.3 Å². The van der Waals surface area contributed by atoms with E-state index >= 15 is 0 Å². The van der Waals surface area contributed by atoms with Crippen molar-refractivity contribution in [3.63, 3.8) is 0 Å². The molecular formula is C13H17F2NO3Si. The molecule has 0 heterocycles. The predicted molar refractivity (Wildman–Crippen MR) is 72.4 cm³/mol. The van der Waals surface area contributed by atoms with Crippen LogP contribution >= 0.6 is 0 Å². The van der Waals surface area contributed by atoms with Crippen molar-refractivity contribution in [1.29, 1.82) is 5.26 Å². The Balaban J connectivity index is 3.09. The SMILES string of the molecule is COc1ccc(C(C#N)O[Si](C)(C)C)cc1OC(F)F. The molecular weight excluding hydrogens is 284 g/mol. The number of hydrogen-bond donors (Lipinski definition) is 0. The topological polar surface area (TPSA) is 51.5 Å². The first-order valence-electron chi connectivity index (χ1n) is 5.97. The van der Waals surface area contributed by atoms with E-state index in [2.05, 4.69) is 4.74 Å². The van der Waals surface area contributed by atoms with Crippen molar-refractivity contribution in [2.45, 2.75) is 32.4 Å². The highest BCUT2D eigenvalue weighted by atomic mass is 28.4. The lowest BCUT2D eigenvalue weighted by atomic mass is 10.1. The molecule has 0 spiro atoms. The first-order valence-corrected chi connectivity index (χ1v) is 9.38. The van der Waals surface area contributed by atoms with Gasteiger partial charge >= 0.3 is 6.61 Å². The molecule has 0 fully saturated rings. The van der Waals surface area contributed by atoms with Gasteiger partial charge in [0.05, 0.1) is 13.2 Å². The summed E-state index contributed by atoms with van der Waals surface area (Å²) in [4.78, 5) is 0. The summed E-state index contributed by atoms with van der Waals surface area (Å²) in [5, 5.41) is 9.17. The Hall–Kier alpha value is -1.65. The number of ether oxygens (including phenoxy) is 2. The first kappa shape index (κ1) is 16.4. The summed E-state index contributed by atoms with van der Waals surface area (Å²) in [6.07, 6.45) is -0.812. The van der Waals surface area contributed by atoms with Gasteiger partial charge in [0, 0.05) is 0 Å². The van der Waals surface area contributed by atoms with Crippen molar-refractivity contribution >= 4 is 8.32 Å². The molecule has 0 aliphatic rings. The summed E-state index contributed by atoms with van der Waals surface area (Å²) >= 11 is 0. The van der Waals surface area contributed by atoms with Gasteiger partial charge in [-0.15, -0.1) is 0 Å². The molecule has 1 aromatic carbocycles. The molecule has 0 radical (unpaired) electrons. The highest BCUT2D eigenvalue weighted by Crippen LogP contribution is 2.33. The molecule has 20 heavy (non-hydrogen) atoms. The normalized spacial score (nSPS) is 12.9. The summed E-state index contributed by atoms with van der Waals surface area (Å²) < 4.78 is 39.7. The molecule has 1 atom stereocenters. The molecule has 0 saturated heterocycles. The lowest BCUT2D eigenvalue weighted by Crippen LogP contribution is -2.27. The molecule has 1 unspecified atom stereocenters. The molecule has 0 N–H and O–H groups in total. The summed E-state index contributed by atoms with van der Waals surface area (Å²) in [6, 6.07) is 6.45. The second kappa shape index (κ2) is 6.68. The van der Waals surface area contributed by atoms with Crippen LogP contribution in [0.4, 0.5) is 8.78 Å². The fraction of sp³-hybridized carbons (Fsp3) is 0.462. The molecule has 0 aliphatic carbocycles.